The molecule has 33 heavy (non-hydrogen) atoms. The van der Waals surface area contributed by atoms with Gasteiger partial charge in [-0.15, -0.1) is 0 Å². The van der Waals surface area contributed by atoms with Crippen LogP contribution in [0.5, 0.6) is 5.75 Å². The second kappa shape index (κ2) is 9.15. The molecule has 3 aromatic rings. The standard InChI is InChI=1S/C24H24N4O5/c1-15-14-27(22(30)16-7-4-3-5-8-16)11-12-28(15)23(31)21(29)18-13-26-20-17(18)9-6-10-19(20)33-24(32)25-2/h3-10,13,15,26H,11-12,14H2,1-2H3,(H,25,32)/t15-/m1/s1. The number of H-pyrrole nitrogens is 1. The molecule has 9 heteroatoms. The fourth-order valence-corrected chi connectivity index (χ4v) is 4.00. The molecule has 1 aliphatic heterocycles. The van der Waals surface area contributed by atoms with Crippen LogP contribution in [-0.4, -0.2) is 71.2 Å². The van der Waals surface area contributed by atoms with Gasteiger partial charge in [0.2, 0.25) is 0 Å². The van der Waals surface area contributed by atoms with Gasteiger partial charge in [0, 0.05) is 49.9 Å². The summed E-state index contributed by atoms with van der Waals surface area (Å²) in [6.07, 6.45) is 0.805. The van der Waals surface area contributed by atoms with Gasteiger partial charge in [-0.1, -0.05) is 30.3 Å². The van der Waals surface area contributed by atoms with Crippen molar-refractivity contribution in [3.8, 4) is 5.75 Å². The lowest BCUT2D eigenvalue weighted by atomic mass is 10.1. The number of piperazine rings is 1. The van der Waals surface area contributed by atoms with E-state index >= 15 is 0 Å². The van der Waals surface area contributed by atoms with Gasteiger partial charge < -0.3 is 24.8 Å². The molecule has 1 aliphatic rings. The van der Waals surface area contributed by atoms with Crippen molar-refractivity contribution in [3.05, 3.63) is 65.9 Å². The number of nitrogens with zero attached hydrogens (tertiary/aromatic N) is 2. The monoisotopic (exact) mass is 448 g/mol. The zero-order valence-corrected chi connectivity index (χ0v) is 18.3. The number of amides is 3. The van der Waals surface area contributed by atoms with E-state index in [0.29, 0.717) is 29.6 Å². The maximum absolute atomic E-state index is 13.1. The van der Waals surface area contributed by atoms with Crippen LogP contribution in [0.1, 0.15) is 27.6 Å². The third-order valence-corrected chi connectivity index (χ3v) is 5.72. The second-order valence-electron chi connectivity index (χ2n) is 7.81. The first-order valence-corrected chi connectivity index (χ1v) is 10.6. The van der Waals surface area contributed by atoms with Gasteiger partial charge in [0.05, 0.1) is 11.1 Å². The Labute approximate surface area is 190 Å². The van der Waals surface area contributed by atoms with E-state index in [4.69, 9.17) is 4.74 Å². The molecule has 2 aromatic carbocycles. The molecule has 0 radical (unpaired) electrons. The van der Waals surface area contributed by atoms with Gasteiger partial charge in [-0.05, 0) is 25.1 Å². The molecule has 1 saturated heterocycles. The maximum Gasteiger partial charge on any atom is 0.412 e. The van der Waals surface area contributed by atoms with E-state index in [1.54, 1.807) is 47.4 Å². The molecular weight excluding hydrogens is 424 g/mol. The van der Waals surface area contributed by atoms with Crippen LogP contribution in [0.15, 0.2) is 54.7 Å². The highest BCUT2D eigenvalue weighted by atomic mass is 16.6. The number of aromatic amines is 1. The molecule has 2 heterocycles. The molecule has 1 fully saturated rings. The third kappa shape index (κ3) is 4.30. The molecule has 0 bridgehead atoms. The van der Waals surface area contributed by atoms with E-state index < -0.39 is 17.8 Å². The first-order valence-electron chi connectivity index (χ1n) is 10.6. The summed E-state index contributed by atoms with van der Waals surface area (Å²) in [6.45, 7) is 2.76. The summed E-state index contributed by atoms with van der Waals surface area (Å²) < 4.78 is 5.21. The number of hydrogen-bond acceptors (Lipinski definition) is 5. The molecular formula is C24H24N4O5. The van der Waals surface area contributed by atoms with Crippen molar-refractivity contribution in [1.29, 1.82) is 0 Å². The van der Waals surface area contributed by atoms with E-state index in [2.05, 4.69) is 10.3 Å². The molecule has 0 saturated carbocycles. The number of aromatic nitrogens is 1. The number of ether oxygens (including phenoxy) is 1. The molecule has 9 nitrogen and oxygen atoms in total. The number of carbonyl (C=O) groups is 4. The Morgan fingerprint density at radius 3 is 2.48 bits per heavy atom. The summed E-state index contributed by atoms with van der Waals surface area (Å²) in [4.78, 5) is 56.6. The lowest BCUT2D eigenvalue weighted by molar-refractivity contribution is -0.130. The maximum atomic E-state index is 13.1. The number of rotatable bonds is 4. The Morgan fingerprint density at radius 1 is 1.03 bits per heavy atom. The lowest BCUT2D eigenvalue weighted by Gasteiger charge is -2.39. The average molecular weight is 448 g/mol. The predicted molar refractivity (Wildman–Crippen MR) is 121 cm³/mol. The molecule has 1 atom stereocenters. The minimum absolute atomic E-state index is 0.0962. The van der Waals surface area contributed by atoms with Crippen molar-refractivity contribution >= 4 is 34.6 Å². The van der Waals surface area contributed by atoms with Gasteiger partial charge in [0.25, 0.3) is 17.6 Å². The smallest absolute Gasteiger partial charge is 0.408 e. The summed E-state index contributed by atoms with van der Waals surface area (Å²) >= 11 is 0. The number of hydrogen-bond donors (Lipinski definition) is 2. The largest absolute Gasteiger partial charge is 0.412 e. The van der Waals surface area contributed by atoms with Crippen LogP contribution in [0.4, 0.5) is 4.79 Å². The van der Waals surface area contributed by atoms with E-state index in [9.17, 15) is 19.2 Å². The Bertz CT molecular complexity index is 1220. The van der Waals surface area contributed by atoms with Gasteiger partial charge in [-0.2, -0.15) is 0 Å². The second-order valence-corrected chi connectivity index (χ2v) is 7.81. The van der Waals surface area contributed by atoms with Gasteiger partial charge in [0.1, 0.15) is 0 Å². The number of para-hydroxylation sites is 1. The van der Waals surface area contributed by atoms with Crippen LogP contribution in [0, 0.1) is 0 Å². The molecule has 4 rings (SSSR count). The number of carbonyl (C=O) groups excluding carboxylic acids is 4. The highest BCUT2D eigenvalue weighted by molar-refractivity contribution is 6.45. The van der Waals surface area contributed by atoms with Crippen LogP contribution in [0.2, 0.25) is 0 Å². The van der Waals surface area contributed by atoms with Gasteiger partial charge in [-0.3, -0.25) is 14.4 Å². The Hall–Kier alpha value is -4.14. The van der Waals surface area contributed by atoms with E-state index in [1.165, 1.54) is 18.1 Å². The van der Waals surface area contributed by atoms with Crippen LogP contribution in [0.3, 0.4) is 0 Å². The molecule has 0 spiro atoms. The van der Waals surface area contributed by atoms with Gasteiger partial charge >= 0.3 is 6.09 Å². The number of nitrogens with one attached hydrogen (secondary N) is 2. The van der Waals surface area contributed by atoms with Crippen LogP contribution in [-0.2, 0) is 4.79 Å². The molecule has 2 N–H and O–H groups in total. The van der Waals surface area contributed by atoms with Crippen molar-refractivity contribution < 1.29 is 23.9 Å². The normalized spacial score (nSPS) is 15.9. The first-order chi connectivity index (χ1) is 15.9. The lowest BCUT2D eigenvalue weighted by Crippen LogP contribution is -2.56. The van der Waals surface area contributed by atoms with Crippen LogP contribution >= 0.6 is 0 Å². The third-order valence-electron chi connectivity index (χ3n) is 5.72. The molecule has 0 aliphatic carbocycles. The van der Waals surface area contributed by atoms with Crippen LogP contribution < -0.4 is 10.1 Å². The van der Waals surface area contributed by atoms with Gasteiger partial charge in [0.15, 0.2) is 5.75 Å². The average Bonchev–Trinajstić information content (AvgIpc) is 3.28. The number of ketones is 1. The number of fused-ring (bicyclic) bond motifs is 1. The fraction of sp³-hybridized carbons (Fsp3) is 0.250. The van der Waals surface area contributed by atoms with Crippen LogP contribution in [0.25, 0.3) is 10.9 Å². The zero-order chi connectivity index (χ0) is 23.5. The predicted octanol–water partition coefficient (Wildman–Crippen LogP) is 2.44. The first kappa shape index (κ1) is 22.1. The number of benzene rings is 2. The SMILES string of the molecule is CNC(=O)Oc1cccc2c(C(=O)C(=O)N3CCN(C(=O)c4ccccc4)C[C@H]3C)c[nH]c12. The summed E-state index contributed by atoms with van der Waals surface area (Å²) in [5, 5.41) is 2.85. The number of Topliss-reactive ketones (excluding diaryl/α,β-unsaturated/α-hetero) is 1. The Kier molecular flexibility index (Phi) is 6.12. The van der Waals surface area contributed by atoms with Crippen molar-refractivity contribution in [2.45, 2.75) is 13.0 Å². The summed E-state index contributed by atoms with van der Waals surface area (Å²) in [5.74, 6) is -1.14. The van der Waals surface area contributed by atoms with Crippen molar-refractivity contribution in [1.82, 2.24) is 20.1 Å². The van der Waals surface area contributed by atoms with Crippen molar-refractivity contribution in [3.63, 3.8) is 0 Å². The summed E-state index contributed by atoms with van der Waals surface area (Å²) in [6, 6.07) is 13.6. The summed E-state index contributed by atoms with van der Waals surface area (Å²) in [5.41, 5.74) is 1.24. The molecule has 3 amide bonds. The molecule has 1 aromatic heterocycles. The van der Waals surface area contributed by atoms with E-state index in [1.807, 2.05) is 13.0 Å². The highest BCUT2D eigenvalue weighted by Gasteiger charge is 2.34. The zero-order valence-electron chi connectivity index (χ0n) is 18.3. The fourth-order valence-electron chi connectivity index (χ4n) is 4.00. The van der Waals surface area contributed by atoms with Crippen molar-refractivity contribution in [2.24, 2.45) is 0 Å². The summed E-state index contributed by atoms with van der Waals surface area (Å²) in [7, 11) is 1.44. The minimum Gasteiger partial charge on any atom is -0.408 e. The van der Waals surface area contributed by atoms with E-state index in [-0.39, 0.29) is 29.8 Å². The van der Waals surface area contributed by atoms with Crippen molar-refractivity contribution in [2.75, 3.05) is 26.7 Å². The topological polar surface area (TPSA) is 112 Å². The molecule has 0 unspecified atom stereocenters. The molecule has 170 valence electrons. The Balaban J connectivity index is 1.49. The van der Waals surface area contributed by atoms with E-state index in [0.717, 1.165) is 0 Å². The Morgan fingerprint density at radius 2 is 1.79 bits per heavy atom. The highest BCUT2D eigenvalue weighted by Crippen LogP contribution is 2.28. The van der Waals surface area contributed by atoms with Gasteiger partial charge in [-0.25, -0.2) is 4.79 Å². The quantitative estimate of drug-likeness (QED) is 0.470. The minimum atomic E-state index is -0.659.